The smallest absolute Gasteiger partial charge is 0.305 e. The molecule has 11 nitrogen and oxygen atoms in total. The number of carbonyl (C=O) groups is 2. The van der Waals surface area contributed by atoms with E-state index in [-0.39, 0.29) is 18.5 Å². The Kier molecular flexibility index (Phi) is 50.9. The molecule has 1 rings (SSSR count). The van der Waals surface area contributed by atoms with Gasteiger partial charge in [-0.2, -0.15) is 0 Å². The molecule has 11 heteroatoms. The van der Waals surface area contributed by atoms with Gasteiger partial charge in [-0.15, -0.1) is 0 Å². The fourth-order valence-electron chi connectivity index (χ4n) is 9.92. The molecule has 1 fully saturated rings. The van der Waals surface area contributed by atoms with Crippen molar-refractivity contribution in [1.82, 2.24) is 5.32 Å². The lowest BCUT2D eigenvalue weighted by Crippen LogP contribution is -2.60. The van der Waals surface area contributed by atoms with Crippen LogP contribution in [0.3, 0.4) is 0 Å². The van der Waals surface area contributed by atoms with Crippen molar-refractivity contribution in [2.24, 2.45) is 0 Å². The maximum Gasteiger partial charge on any atom is 0.305 e. The number of allylic oxidation sites excluding steroid dienone is 5. The molecule has 440 valence electrons. The number of aliphatic hydroxyl groups is 5. The number of amides is 1. The van der Waals surface area contributed by atoms with Crippen molar-refractivity contribution in [3.05, 3.63) is 36.5 Å². The van der Waals surface area contributed by atoms with Crippen LogP contribution in [-0.4, -0.2) is 100 Å². The quantitative estimate of drug-likeness (QED) is 0.0195. The second kappa shape index (κ2) is 53.9. The van der Waals surface area contributed by atoms with Crippen LogP contribution in [0.1, 0.15) is 296 Å². The molecule has 0 saturated carbocycles. The van der Waals surface area contributed by atoms with E-state index in [1.54, 1.807) is 6.08 Å². The van der Waals surface area contributed by atoms with Crippen molar-refractivity contribution in [3.8, 4) is 0 Å². The Morgan fingerprint density at radius 3 is 1.35 bits per heavy atom. The van der Waals surface area contributed by atoms with Gasteiger partial charge in [0.2, 0.25) is 5.91 Å². The maximum absolute atomic E-state index is 13.0. The molecule has 0 aromatic carbocycles. The SMILES string of the molecule is CCCCC/C=C/CC/C=C/C(O)C(COC1OC(CO)C(O)C(O)C1O)NC(=O)CCCCCCCCCCCC/C=C\CCCCCCCCCCCCCCOC(=O)CCCCCCCCCCCCCC. The fraction of sp³-hybridized carbons (Fsp3) is 0.875. The molecule has 0 aliphatic carbocycles. The molecule has 0 radical (unpaired) electrons. The number of nitrogens with one attached hydrogen (secondary N) is 1. The summed E-state index contributed by atoms with van der Waals surface area (Å²) in [5.74, 6) is -0.192. The number of hydrogen-bond acceptors (Lipinski definition) is 10. The zero-order valence-electron chi connectivity index (χ0n) is 48.5. The van der Waals surface area contributed by atoms with E-state index in [1.165, 1.54) is 212 Å². The molecule has 7 atom stereocenters. The predicted molar refractivity (Wildman–Crippen MR) is 311 cm³/mol. The minimum atomic E-state index is -1.58. The van der Waals surface area contributed by atoms with Crippen LogP contribution in [0.5, 0.6) is 0 Å². The Balaban J connectivity index is 1.98. The Morgan fingerprint density at radius 1 is 0.480 bits per heavy atom. The first-order valence-corrected chi connectivity index (χ1v) is 31.8. The van der Waals surface area contributed by atoms with E-state index in [0.29, 0.717) is 19.4 Å². The number of unbranched alkanes of at least 4 members (excludes halogenated alkanes) is 37. The van der Waals surface area contributed by atoms with Crippen LogP contribution in [0.4, 0.5) is 0 Å². The van der Waals surface area contributed by atoms with Gasteiger partial charge in [0.1, 0.15) is 24.4 Å². The summed E-state index contributed by atoms with van der Waals surface area (Å²) in [4.78, 5) is 25.0. The molecule has 1 aliphatic heterocycles. The molecule has 75 heavy (non-hydrogen) atoms. The van der Waals surface area contributed by atoms with Gasteiger partial charge in [-0.1, -0.05) is 249 Å². The second-order valence-corrected chi connectivity index (χ2v) is 22.1. The largest absolute Gasteiger partial charge is 0.466 e. The summed E-state index contributed by atoms with van der Waals surface area (Å²) in [5, 5.41) is 54.2. The van der Waals surface area contributed by atoms with Crippen LogP contribution in [0.15, 0.2) is 36.5 Å². The summed E-state index contributed by atoms with van der Waals surface area (Å²) in [5.41, 5.74) is 0. The second-order valence-electron chi connectivity index (χ2n) is 22.1. The Hall–Kier alpha value is -2.12. The van der Waals surface area contributed by atoms with Crippen LogP contribution in [0.25, 0.3) is 0 Å². The lowest BCUT2D eigenvalue weighted by Gasteiger charge is -2.40. The van der Waals surface area contributed by atoms with Gasteiger partial charge in [0, 0.05) is 12.8 Å². The molecule has 1 heterocycles. The standard InChI is InChI=1S/C64H119NO10/c1-3-5-7-9-11-13-14-32-36-40-44-48-52-60(69)73-53-49-45-41-37-33-30-28-26-24-22-20-18-16-15-17-19-21-23-25-27-29-31-35-39-43-47-51-59(68)65-56(57(67)50-46-42-38-34-12-10-8-6-4-2)55-74-64-63(72)62(71)61(70)58(54-66)75-64/h12,15,17,34,46,50,56-58,61-64,66-67,70-72H,3-11,13-14,16,18-33,35-45,47-49,51-55H2,1-2H3,(H,65,68)/b17-15-,34-12+,50-46+. The molecule has 1 aliphatic rings. The van der Waals surface area contributed by atoms with Gasteiger partial charge in [-0.3, -0.25) is 9.59 Å². The lowest BCUT2D eigenvalue weighted by atomic mass is 9.99. The Morgan fingerprint density at radius 2 is 0.867 bits per heavy atom. The normalized spacial score (nSPS) is 18.9. The van der Waals surface area contributed by atoms with Crippen molar-refractivity contribution in [2.45, 2.75) is 339 Å². The first kappa shape index (κ1) is 70.9. The van der Waals surface area contributed by atoms with E-state index in [2.05, 4.69) is 43.5 Å². The van der Waals surface area contributed by atoms with E-state index >= 15 is 0 Å². The average molecular weight is 1060 g/mol. The van der Waals surface area contributed by atoms with Gasteiger partial charge in [0.15, 0.2) is 6.29 Å². The van der Waals surface area contributed by atoms with Gasteiger partial charge in [0.25, 0.3) is 0 Å². The third-order valence-electron chi connectivity index (χ3n) is 15.0. The maximum atomic E-state index is 13.0. The fourth-order valence-corrected chi connectivity index (χ4v) is 9.92. The summed E-state index contributed by atoms with van der Waals surface area (Å²) in [6.45, 7) is 4.29. The highest BCUT2D eigenvalue weighted by Gasteiger charge is 2.44. The molecule has 0 bridgehead atoms. The van der Waals surface area contributed by atoms with Crippen molar-refractivity contribution in [3.63, 3.8) is 0 Å². The molecule has 1 amide bonds. The van der Waals surface area contributed by atoms with Crippen molar-refractivity contribution < 1.29 is 49.3 Å². The highest BCUT2D eigenvalue weighted by atomic mass is 16.7. The van der Waals surface area contributed by atoms with Gasteiger partial charge in [0.05, 0.1) is 32.0 Å². The van der Waals surface area contributed by atoms with Gasteiger partial charge in [-0.25, -0.2) is 0 Å². The zero-order valence-corrected chi connectivity index (χ0v) is 48.5. The summed E-state index contributed by atoms with van der Waals surface area (Å²) in [6, 6.07) is -0.827. The van der Waals surface area contributed by atoms with E-state index in [9.17, 15) is 35.1 Å². The molecular weight excluding hydrogens is 943 g/mol. The minimum absolute atomic E-state index is 0.00446. The van der Waals surface area contributed by atoms with E-state index in [0.717, 1.165) is 57.8 Å². The number of aliphatic hydroxyl groups excluding tert-OH is 5. The lowest BCUT2D eigenvalue weighted by molar-refractivity contribution is -0.302. The van der Waals surface area contributed by atoms with E-state index in [1.807, 2.05) is 6.08 Å². The Bertz CT molecular complexity index is 1340. The van der Waals surface area contributed by atoms with Crippen molar-refractivity contribution >= 4 is 11.9 Å². The third-order valence-corrected chi connectivity index (χ3v) is 15.0. The highest BCUT2D eigenvalue weighted by Crippen LogP contribution is 2.23. The first-order chi connectivity index (χ1) is 36.7. The molecule has 0 spiro atoms. The number of esters is 1. The summed E-state index contributed by atoms with van der Waals surface area (Å²) >= 11 is 0. The molecule has 0 aromatic rings. The molecule has 0 aromatic heterocycles. The van der Waals surface area contributed by atoms with Gasteiger partial charge in [-0.05, 0) is 70.6 Å². The summed E-state index contributed by atoms with van der Waals surface area (Å²) < 4.78 is 16.7. The molecular formula is C64H119NO10. The molecule has 1 saturated heterocycles. The van der Waals surface area contributed by atoms with Crippen LogP contribution in [-0.2, 0) is 23.8 Å². The first-order valence-electron chi connectivity index (χ1n) is 31.8. The monoisotopic (exact) mass is 1060 g/mol. The van der Waals surface area contributed by atoms with Crippen molar-refractivity contribution in [1.29, 1.82) is 0 Å². The topological polar surface area (TPSA) is 175 Å². The Labute approximate surface area is 460 Å². The van der Waals surface area contributed by atoms with Crippen LogP contribution < -0.4 is 5.32 Å². The summed E-state index contributed by atoms with van der Waals surface area (Å²) in [7, 11) is 0. The van der Waals surface area contributed by atoms with Crippen LogP contribution in [0, 0.1) is 0 Å². The molecule has 7 unspecified atom stereocenters. The zero-order chi connectivity index (χ0) is 54.5. The van der Waals surface area contributed by atoms with Crippen LogP contribution >= 0.6 is 0 Å². The number of rotatable bonds is 55. The summed E-state index contributed by atoms with van der Waals surface area (Å²) in [6.07, 6.45) is 57.0. The van der Waals surface area contributed by atoms with E-state index < -0.39 is 49.5 Å². The molecule has 6 N–H and O–H groups in total. The van der Waals surface area contributed by atoms with Crippen LogP contribution in [0.2, 0.25) is 0 Å². The van der Waals surface area contributed by atoms with Crippen molar-refractivity contribution in [2.75, 3.05) is 19.8 Å². The minimum Gasteiger partial charge on any atom is -0.466 e. The average Bonchev–Trinajstić information content (AvgIpc) is 3.41. The number of carbonyl (C=O) groups excluding carboxylic acids is 2. The predicted octanol–water partition coefficient (Wildman–Crippen LogP) is 15.1. The number of ether oxygens (including phenoxy) is 3. The number of hydrogen-bond donors (Lipinski definition) is 6. The van der Waals surface area contributed by atoms with Gasteiger partial charge >= 0.3 is 5.97 Å². The highest BCUT2D eigenvalue weighted by molar-refractivity contribution is 5.76. The third kappa shape index (κ3) is 43.4. The van der Waals surface area contributed by atoms with E-state index in [4.69, 9.17) is 14.2 Å². The van der Waals surface area contributed by atoms with Gasteiger partial charge < -0.3 is 45.1 Å².